The van der Waals surface area contributed by atoms with E-state index in [0.717, 1.165) is 16.9 Å². The number of methoxy groups -OCH3 is 1. The molecule has 1 aromatic carbocycles. The maximum Gasteiger partial charge on any atom is 0.113 e. The molecule has 5 heteroatoms. The van der Waals surface area contributed by atoms with Crippen molar-refractivity contribution in [1.82, 2.24) is 9.55 Å². The molecule has 0 saturated heterocycles. The standard InChI is InChI=1S/C12H15BN2O2/c1-8-14-11-4-3-9(13)5-12(11)15(8)6-10(7-16)17-2/h3-5,10,16H,6-7H2,1-2H3. The molecule has 0 fully saturated rings. The summed E-state index contributed by atoms with van der Waals surface area (Å²) in [6, 6.07) is 5.62. The highest BCUT2D eigenvalue weighted by atomic mass is 16.5. The van der Waals surface area contributed by atoms with Crippen molar-refractivity contribution in [3.05, 3.63) is 24.0 Å². The third-order valence-corrected chi connectivity index (χ3v) is 2.89. The number of rotatable bonds is 4. The van der Waals surface area contributed by atoms with Crippen molar-refractivity contribution in [3.63, 3.8) is 0 Å². The summed E-state index contributed by atoms with van der Waals surface area (Å²) < 4.78 is 7.19. The summed E-state index contributed by atoms with van der Waals surface area (Å²) in [6.45, 7) is 2.48. The van der Waals surface area contributed by atoms with Crippen LogP contribution >= 0.6 is 0 Å². The molecule has 2 rings (SSSR count). The zero-order chi connectivity index (χ0) is 12.4. The minimum Gasteiger partial charge on any atom is -0.394 e. The zero-order valence-corrected chi connectivity index (χ0v) is 10.1. The molecule has 0 aliphatic carbocycles. The largest absolute Gasteiger partial charge is 0.394 e. The molecule has 0 aliphatic heterocycles. The Labute approximate surface area is 102 Å². The zero-order valence-electron chi connectivity index (χ0n) is 10.1. The quantitative estimate of drug-likeness (QED) is 0.760. The van der Waals surface area contributed by atoms with E-state index in [1.807, 2.05) is 29.7 Å². The van der Waals surface area contributed by atoms with Gasteiger partial charge in [0, 0.05) is 7.11 Å². The number of hydrogen-bond acceptors (Lipinski definition) is 3. The first-order valence-corrected chi connectivity index (χ1v) is 5.51. The van der Waals surface area contributed by atoms with E-state index in [0.29, 0.717) is 12.0 Å². The average molecular weight is 230 g/mol. The smallest absolute Gasteiger partial charge is 0.113 e. The number of imidazole rings is 1. The first-order chi connectivity index (χ1) is 8.15. The fourth-order valence-corrected chi connectivity index (χ4v) is 1.90. The summed E-state index contributed by atoms with van der Waals surface area (Å²) in [6.07, 6.45) is -0.229. The molecule has 17 heavy (non-hydrogen) atoms. The van der Waals surface area contributed by atoms with E-state index in [2.05, 4.69) is 4.98 Å². The summed E-state index contributed by atoms with van der Waals surface area (Å²) in [5.41, 5.74) is 2.58. The van der Waals surface area contributed by atoms with Gasteiger partial charge in [-0.15, -0.1) is 0 Å². The van der Waals surface area contributed by atoms with Gasteiger partial charge in [-0.3, -0.25) is 0 Å². The Hall–Kier alpha value is -1.33. The number of benzene rings is 1. The molecule has 0 aliphatic rings. The van der Waals surface area contributed by atoms with Gasteiger partial charge in [0.1, 0.15) is 13.7 Å². The Morgan fingerprint density at radius 1 is 1.53 bits per heavy atom. The molecule has 1 atom stereocenters. The topological polar surface area (TPSA) is 47.3 Å². The molecular formula is C12H15BN2O2. The van der Waals surface area contributed by atoms with Crippen molar-refractivity contribution < 1.29 is 9.84 Å². The fraction of sp³-hybridized carbons (Fsp3) is 0.417. The molecule has 1 N–H and O–H groups in total. The summed E-state index contributed by atoms with van der Waals surface area (Å²) in [5.74, 6) is 0.890. The van der Waals surface area contributed by atoms with Crippen LogP contribution in [0.2, 0.25) is 0 Å². The lowest BCUT2D eigenvalue weighted by Gasteiger charge is -2.15. The second-order valence-corrected chi connectivity index (χ2v) is 4.06. The van der Waals surface area contributed by atoms with Crippen LogP contribution < -0.4 is 5.46 Å². The Kier molecular flexibility index (Phi) is 3.50. The number of nitrogens with zero attached hydrogens (tertiary/aromatic N) is 2. The highest BCUT2D eigenvalue weighted by molar-refractivity contribution is 6.33. The number of aromatic nitrogens is 2. The lowest BCUT2D eigenvalue weighted by molar-refractivity contribution is 0.0376. The lowest BCUT2D eigenvalue weighted by Crippen LogP contribution is -2.23. The number of ether oxygens (including phenoxy) is 1. The fourth-order valence-electron chi connectivity index (χ4n) is 1.90. The number of aryl methyl sites for hydroxylation is 1. The van der Waals surface area contributed by atoms with Crippen LogP contribution in [0.25, 0.3) is 11.0 Å². The maximum absolute atomic E-state index is 9.16. The summed E-state index contributed by atoms with van der Waals surface area (Å²) in [7, 11) is 7.36. The average Bonchev–Trinajstić information content (AvgIpc) is 2.62. The van der Waals surface area contributed by atoms with Gasteiger partial charge < -0.3 is 14.4 Å². The van der Waals surface area contributed by atoms with Crippen LogP contribution in [-0.2, 0) is 11.3 Å². The van der Waals surface area contributed by atoms with Crippen molar-refractivity contribution in [2.45, 2.75) is 19.6 Å². The molecule has 2 radical (unpaired) electrons. The molecule has 88 valence electrons. The van der Waals surface area contributed by atoms with Crippen molar-refractivity contribution >= 4 is 24.3 Å². The van der Waals surface area contributed by atoms with Crippen LogP contribution in [0.5, 0.6) is 0 Å². The first-order valence-electron chi connectivity index (χ1n) is 5.51. The highest BCUT2D eigenvalue weighted by Gasteiger charge is 2.12. The minimum atomic E-state index is -0.229. The second-order valence-electron chi connectivity index (χ2n) is 4.06. The Bertz CT molecular complexity index is 520. The van der Waals surface area contributed by atoms with Gasteiger partial charge in [0.25, 0.3) is 0 Å². The monoisotopic (exact) mass is 230 g/mol. The van der Waals surface area contributed by atoms with E-state index in [-0.39, 0.29) is 12.7 Å². The molecule has 2 aromatic rings. The maximum atomic E-state index is 9.16. The first kappa shape index (κ1) is 12.1. The normalized spacial score (nSPS) is 13.1. The SMILES string of the molecule is [B]c1ccc2nc(C)n(CC(CO)OC)c2c1. The van der Waals surface area contributed by atoms with Crippen molar-refractivity contribution in [2.24, 2.45) is 0 Å². The van der Waals surface area contributed by atoms with E-state index in [1.54, 1.807) is 7.11 Å². The predicted molar refractivity (Wildman–Crippen MR) is 67.7 cm³/mol. The van der Waals surface area contributed by atoms with Gasteiger partial charge in [-0.25, -0.2) is 4.98 Å². The van der Waals surface area contributed by atoms with Gasteiger partial charge in [-0.05, 0) is 19.1 Å². The molecule has 1 heterocycles. The lowest BCUT2D eigenvalue weighted by atomic mass is 9.96. The number of hydrogen-bond donors (Lipinski definition) is 1. The van der Waals surface area contributed by atoms with E-state index in [1.165, 1.54) is 0 Å². The summed E-state index contributed by atoms with van der Waals surface area (Å²) in [4.78, 5) is 4.45. The molecule has 0 saturated carbocycles. The minimum absolute atomic E-state index is 0.0159. The van der Waals surface area contributed by atoms with Crippen LogP contribution in [0.1, 0.15) is 5.82 Å². The molecule has 4 nitrogen and oxygen atoms in total. The number of fused-ring (bicyclic) bond motifs is 1. The molecule has 1 aromatic heterocycles. The van der Waals surface area contributed by atoms with Crippen LogP contribution in [0, 0.1) is 6.92 Å². The number of aliphatic hydroxyl groups excluding tert-OH is 1. The van der Waals surface area contributed by atoms with Gasteiger partial charge in [-0.1, -0.05) is 11.5 Å². The van der Waals surface area contributed by atoms with Crippen molar-refractivity contribution in [2.75, 3.05) is 13.7 Å². The highest BCUT2D eigenvalue weighted by Crippen LogP contribution is 2.15. The molecule has 0 bridgehead atoms. The number of aliphatic hydroxyl groups is 1. The predicted octanol–water partition coefficient (Wildman–Crippen LogP) is 0.146. The van der Waals surface area contributed by atoms with Crippen molar-refractivity contribution in [1.29, 1.82) is 0 Å². The van der Waals surface area contributed by atoms with Crippen LogP contribution in [0.4, 0.5) is 0 Å². The van der Waals surface area contributed by atoms with Gasteiger partial charge in [0.2, 0.25) is 0 Å². The van der Waals surface area contributed by atoms with E-state index < -0.39 is 0 Å². The summed E-state index contributed by atoms with van der Waals surface area (Å²) in [5, 5.41) is 9.16. The Morgan fingerprint density at radius 3 is 2.94 bits per heavy atom. The van der Waals surface area contributed by atoms with Crippen molar-refractivity contribution in [3.8, 4) is 0 Å². The van der Waals surface area contributed by atoms with Crippen LogP contribution in [-0.4, -0.2) is 42.3 Å². The Balaban J connectivity index is 2.44. The third kappa shape index (κ3) is 2.35. The second kappa shape index (κ2) is 4.90. The van der Waals surface area contributed by atoms with E-state index >= 15 is 0 Å². The van der Waals surface area contributed by atoms with E-state index in [4.69, 9.17) is 17.7 Å². The van der Waals surface area contributed by atoms with Crippen LogP contribution in [0.3, 0.4) is 0 Å². The summed E-state index contributed by atoms with van der Waals surface area (Å²) >= 11 is 0. The third-order valence-electron chi connectivity index (χ3n) is 2.89. The van der Waals surface area contributed by atoms with Crippen LogP contribution in [0.15, 0.2) is 18.2 Å². The van der Waals surface area contributed by atoms with Gasteiger partial charge in [-0.2, -0.15) is 0 Å². The molecule has 0 amide bonds. The van der Waals surface area contributed by atoms with Gasteiger partial charge in [0.15, 0.2) is 0 Å². The molecule has 0 spiro atoms. The van der Waals surface area contributed by atoms with Gasteiger partial charge in [0.05, 0.1) is 30.3 Å². The Morgan fingerprint density at radius 2 is 2.29 bits per heavy atom. The van der Waals surface area contributed by atoms with E-state index in [9.17, 15) is 0 Å². The molecule has 1 unspecified atom stereocenters. The molecular weight excluding hydrogens is 215 g/mol. The van der Waals surface area contributed by atoms with Gasteiger partial charge >= 0.3 is 0 Å².